The molecular formula is C28H33N3O3. The van der Waals surface area contributed by atoms with Crippen molar-refractivity contribution in [3.8, 4) is 28.0 Å². The first kappa shape index (κ1) is 23.6. The van der Waals surface area contributed by atoms with Crippen molar-refractivity contribution in [1.29, 1.82) is 0 Å². The highest BCUT2D eigenvalue weighted by molar-refractivity contribution is 6.00. The summed E-state index contributed by atoms with van der Waals surface area (Å²) in [6.07, 6.45) is 6.80. The number of nitrogens with one attached hydrogen (secondary N) is 2. The molecule has 0 unspecified atom stereocenters. The minimum absolute atomic E-state index is 0.281. The molecule has 0 bridgehead atoms. The first-order chi connectivity index (χ1) is 16.5. The van der Waals surface area contributed by atoms with Crippen LogP contribution in [0, 0.1) is 0 Å². The molecule has 1 fully saturated rings. The fourth-order valence-corrected chi connectivity index (χ4v) is 4.48. The summed E-state index contributed by atoms with van der Waals surface area (Å²) in [4.78, 5) is 17.2. The average molecular weight is 460 g/mol. The molecule has 0 aliphatic heterocycles. The minimum Gasteiger partial charge on any atom is -0.496 e. The first-order valence-corrected chi connectivity index (χ1v) is 11.9. The summed E-state index contributed by atoms with van der Waals surface area (Å²) in [5.41, 5.74) is 4.93. The van der Waals surface area contributed by atoms with Crippen LogP contribution in [0.2, 0.25) is 0 Å². The van der Waals surface area contributed by atoms with Gasteiger partial charge in [0.05, 0.1) is 19.8 Å². The summed E-state index contributed by atoms with van der Waals surface area (Å²) in [7, 11) is 3.04. The smallest absolute Gasteiger partial charge is 0.338 e. The highest BCUT2D eigenvalue weighted by Crippen LogP contribution is 2.38. The molecule has 1 aliphatic carbocycles. The van der Waals surface area contributed by atoms with Crippen LogP contribution < -0.4 is 15.4 Å². The third-order valence-electron chi connectivity index (χ3n) is 6.18. The predicted molar refractivity (Wildman–Crippen MR) is 138 cm³/mol. The molecule has 178 valence electrons. The van der Waals surface area contributed by atoms with Crippen molar-refractivity contribution in [2.24, 2.45) is 0 Å². The van der Waals surface area contributed by atoms with E-state index in [9.17, 15) is 4.79 Å². The summed E-state index contributed by atoms with van der Waals surface area (Å²) in [6.45, 7) is 4.12. The number of aromatic nitrogens is 1. The van der Waals surface area contributed by atoms with Crippen LogP contribution >= 0.6 is 0 Å². The fraction of sp³-hybridized carbons (Fsp3) is 0.357. The SMILES string of the molecule is COC(=O)c1cc(-c2ccc(NC3CCCC3)cc2)c(OC)cc1-c1ccc(NC(C)C)nc1. The summed E-state index contributed by atoms with van der Waals surface area (Å²) >= 11 is 0. The maximum Gasteiger partial charge on any atom is 0.338 e. The van der Waals surface area contributed by atoms with E-state index in [0.29, 0.717) is 17.4 Å². The standard InChI is InChI=1S/C28H33N3O3/c1-18(2)30-27-14-11-20(17-29-27)23-16-26(33-3)24(15-25(23)28(32)34-4)19-9-12-22(13-10-19)31-21-7-5-6-8-21/h9-18,21,31H,5-8H2,1-4H3,(H,29,30). The number of anilines is 2. The van der Waals surface area contributed by atoms with Crippen molar-refractivity contribution in [3.05, 3.63) is 60.3 Å². The summed E-state index contributed by atoms with van der Waals surface area (Å²) in [5, 5.41) is 6.90. The van der Waals surface area contributed by atoms with Gasteiger partial charge in [0, 0.05) is 40.7 Å². The van der Waals surface area contributed by atoms with Crippen molar-refractivity contribution in [1.82, 2.24) is 4.98 Å². The lowest BCUT2D eigenvalue weighted by molar-refractivity contribution is 0.0601. The molecule has 1 aromatic heterocycles. The van der Waals surface area contributed by atoms with Crippen LogP contribution in [0.4, 0.5) is 11.5 Å². The number of hydrogen-bond donors (Lipinski definition) is 2. The van der Waals surface area contributed by atoms with Crippen LogP contribution in [0.3, 0.4) is 0 Å². The van der Waals surface area contributed by atoms with Gasteiger partial charge < -0.3 is 20.1 Å². The molecule has 6 heteroatoms. The average Bonchev–Trinajstić information content (AvgIpc) is 3.36. The fourth-order valence-electron chi connectivity index (χ4n) is 4.48. The maximum atomic E-state index is 12.7. The van der Waals surface area contributed by atoms with Gasteiger partial charge in [0.1, 0.15) is 11.6 Å². The zero-order valence-corrected chi connectivity index (χ0v) is 20.4. The van der Waals surface area contributed by atoms with Gasteiger partial charge in [-0.3, -0.25) is 0 Å². The number of hydrogen-bond acceptors (Lipinski definition) is 6. The van der Waals surface area contributed by atoms with Gasteiger partial charge >= 0.3 is 5.97 Å². The number of pyridine rings is 1. The number of ether oxygens (including phenoxy) is 2. The van der Waals surface area contributed by atoms with Crippen molar-refractivity contribution in [2.75, 3.05) is 24.9 Å². The summed E-state index contributed by atoms with van der Waals surface area (Å²) < 4.78 is 10.9. The molecule has 0 atom stereocenters. The molecular weight excluding hydrogens is 426 g/mol. The monoisotopic (exact) mass is 459 g/mol. The van der Waals surface area contributed by atoms with Crippen molar-refractivity contribution in [3.63, 3.8) is 0 Å². The van der Waals surface area contributed by atoms with E-state index in [1.165, 1.54) is 32.8 Å². The van der Waals surface area contributed by atoms with Gasteiger partial charge in [0.2, 0.25) is 0 Å². The van der Waals surface area contributed by atoms with E-state index < -0.39 is 5.97 Å². The molecule has 1 aliphatic rings. The van der Waals surface area contributed by atoms with Gasteiger partial charge in [-0.25, -0.2) is 9.78 Å². The van der Waals surface area contributed by atoms with Gasteiger partial charge in [0.15, 0.2) is 0 Å². The van der Waals surface area contributed by atoms with Crippen molar-refractivity contribution >= 4 is 17.5 Å². The lowest BCUT2D eigenvalue weighted by Gasteiger charge is -2.17. The predicted octanol–water partition coefficient (Wildman–Crippen LogP) is 6.39. The van der Waals surface area contributed by atoms with Gasteiger partial charge in [-0.05, 0) is 68.7 Å². The van der Waals surface area contributed by atoms with Crippen LogP contribution in [0.1, 0.15) is 49.9 Å². The molecule has 1 saturated carbocycles. The Balaban J connectivity index is 1.69. The Hall–Kier alpha value is -3.54. The van der Waals surface area contributed by atoms with Gasteiger partial charge in [0.25, 0.3) is 0 Å². The molecule has 1 heterocycles. The van der Waals surface area contributed by atoms with Crippen LogP contribution in [0.5, 0.6) is 5.75 Å². The Morgan fingerprint density at radius 3 is 2.26 bits per heavy atom. The lowest BCUT2D eigenvalue weighted by Crippen LogP contribution is -2.14. The Bertz CT molecular complexity index is 1120. The van der Waals surface area contributed by atoms with Crippen molar-refractivity contribution < 1.29 is 14.3 Å². The molecule has 2 aromatic carbocycles. The quantitative estimate of drug-likeness (QED) is 0.381. The largest absolute Gasteiger partial charge is 0.496 e. The van der Waals surface area contributed by atoms with E-state index >= 15 is 0 Å². The molecule has 3 aromatic rings. The highest BCUT2D eigenvalue weighted by atomic mass is 16.5. The molecule has 0 radical (unpaired) electrons. The first-order valence-electron chi connectivity index (χ1n) is 11.9. The number of rotatable bonds is 8. The second kappa shape index (κ2) is 10.6. The van der Waals surface area contributed by atoms with E-state index in [2.05, 4.69) is 53.7 Å². The van der Waals surface area contributed by atoms with E-state index in [1.807, 2.05) is 24.3 Å². The third-order valence-corrected chi connectivity index (χ3v) is 6.18. The number of nitrogens with zero attached hydrogens (tertiary/aromatic N) is 1. The minimum atomic E-state index is -0.400. The van der Waals surface area contributed by atoms with Crippen LogP contribution in [0.25, 0.3) is 22.3 Å². The highest BCUT2D eigenvalue weighted by Gasteiger charge is 2.20. The maximum absolute atomic E-state index is 12.7. The van der Waals surface area contributed by atoms with E-state index in [-0.39, 0.29) is 6.04 Å². The zero-order chi connectivity index (χ0) is 24.1. The Morgan fingerprint density at radius 1 is 0.971 bits per heavy atom. The molecule has 34 heavy (non-hydrogen) atoms. The number of benzene rings is 2. The number of carbonyl (C=O) groups is 1. The van der Waals surface area contributed by atoms with Crippen LogP contribution in [0.15, 0.2) is 54.7 Å². The van der Waals surface area contributed by atoms with Gasteiger partial charge in [-0.15, -0.1) is 0 Å². The number of carbonyl (C=O) groups excluding carboxylic acids is 1. The van der Waals surface area contributed by atoms with Crippen LogP contribution in [-0.2, 0) is 4.74 Å². The Kier molecular flexibility index (Phi) is 7.36. The molecule has 2 N–H and O–H groups in total. The zero-order valence-electron chi connectivity index (χ0n) is 20.4. The van der Waals surface area contributed by atoms with E-state index in [0.717, 1.165) is 33.8 Å². The second-order valence-corrected chi connectivity index (χ2v) is 9.02. The normalized spacial score (nSPS) is 13.7. The van der Waals surface area contributed by atoms with Crippen LogP contribution in [-0.4, -0.2) is 37.3 Å². The molecule has 0 saturated heterocycles. The summed E-state index contributed by atoms with van der Waals surface area (Å²) in [5.74, 6) is 1.07. The van der Waals surface area contributed by atoms with E-state index in [4.69, 9.17) is 9.47 Å². The molecule has 0 amide bonds. The topological polar surface area (TPSA) is 72.5 Å². The molecule has 4 rings (SSSR count). The van der Waals surface area contributed by atoms with Gasteiger partial charge in [-0.2, -0.15) is 0 Å². The lowest BCUT2D eigenvalue weighted by atomic mass is 9.94. The number of esters is 1. The molecule has 6 nitrogen and oxygen atoms in total. The summed E-state index contributed by atoms with van der Waals surface area (Å²) in [6, 6.07) is 16.7. The second-order valence-electron chi connectivity index (χ2n) is 9.02. The Morgan fingerprint density at radius 2 is 1.68 bits per heavy atom. The molecule has 0 spiro atoms. The Labute approximate surface area is 201 Å². The number of methoxy groups -OCH3 is 2. The third kappa shape index (κ3) is 5.33. The van der Waals surface area contributed by atoms with E-state index in [1.54, 1.807) is 13.3 Å². The van der Waals surface area contributed by atoms with Gasteiger partial charge in [-0.1, -0.05) is 25.0 Å². The van der Waals surface area contributed by atoms with Crippen molar-refractivity contribution in [2.45, 2.75) is 51.6 Å².